The van der Waals surface area contributed by atoms with Crippen LogP contribution in [0.2, 0.25) is 5.02 Å². The van der Waals surface area contributed by atoms with Gasteiger partial charge in [0.25, 0.3) is 10.0 Å². The van der Waals surface area contributed by atoms with E-state index in [2.05, 4.69) is 5.32 Å². The number of halogens is 1. The van der Waals surface area contributed by atoms with Crippen LogP contribution in [0.1, 0.15) is 5.56 Å². The van der Waals surface area contributed by atoms with E-state index in [0.717, 1.165) is 9.71 Å². The summed E-state index contributed by atoms with van der Waals surface area (Å²) in [5, 5.41) is 4.14. The minimum Gasteiger partial charge on any atom is -0.497 e. The van der Waals surface area contributed by atoms with E-state index in [1.54, 1.807) is 60.7 Å². The van der Waals surface area contributed by atoms with E-state index in [-0.39, 0.29) is 0 Å². The van der Waals surface area contributed by atoms with E-state index < -0.39 is 22.5 Å². The Balaban J connectivity index is 1.90. The molecule has 1 N–H and O–H groups in total. The Labute approximate surface area is 198 Å². The van der Waals surface area contributed by atoms with Gasteiger partial charge in [-0.1, -0.05) is 41.9 Å². The summed E-state index contributed by atoms with van der Waals surface area (Å²) in [6, 6.07) is 20.1. The first-order chi connectivity index (χ1) is 15.8. The molecule has 0 heterocycles. The van der Waals surface area contributed by atoms with Gasteiger partial charge in [-0.2, -0.15) is 0 Å². The number of sulfonamides is 1. The predicted octanol–water partition coefficient (Wildman–Crippen LogP) is 4.80. The van der Waals surface area contributed by atoms with E-state index >= 15 is 0 Å². The van der Waals surface area contributed by atoms with Crippen molar-refractivity contribution in [1.82, 2.24) is 0 Å². The van der Waals surface area contributed by atoms with Gasteiger partial charge in [0.05, 0.1) is 31.0 Å². The third kappa shape index (κ3) is 6.50. The minimum absolute atomic E-state index is 0.307. The molecule has 0 aliphatic rings. The summed E-state index contributed by atoms with van der Waals surface area (Å²) in [4.78, 5) is 12.9. The van der Waals surface area contributed by atoms with E-state index in [1.807, 2.05) is 6.07 Å². The average molecular weight is 487 g/mol. The zero-order valence-electron chi connectivity index (χ0n) is 18.1. The number of nitrogens with zero attached hydrogens (tertiary/aromatic N) is 1. The first-order valence-corrected chi connectivity index (χ1v) is 11.7. The van der Waals surface area contributed by atoms with Gasteiger partial charge in [-0.05, 0) is 54.1 Å². The molecule has 3 aromatic rings. The Morgan fingerprint density at radius 2 is 1.70 bits per heavy atom. The Morgan fingerprint density at radius 3 is 2.33 bits per heavy atom. The summed E-state index contributed by atoms with van der Waals surface area (Å²) in [7, 11) is -1.04. The minimum atomic E-state index is -4.01. The molecule has 33 heavy (non-hydrogen) atoms. The number of carbonyl (C=O) groups excluding carboxylic acids is 1. The van der Waals surface area contributed by atoms with Crippen LogP contribution in [0.3, 0.4) is 0 Å². The normalized spacial score (nSPS) is 11.2. The Morgan fingerprint density at radius 1 is 1.00 bits per heavy atom. The molecular weight excluding hydrogens is 464 g/mol. The number of amides is 1. The Hall–Kier alpha value is -3.49. The second-order valence-corrected chi connectivity index (χ2v) is 9.04. The molecule has 7 nitrogen and oxygen atoms in total. The molecule has 0 aromatic heterocycles. The standard InChI is InChI=1S/C24H23ClN2O5S/c1-31-21-11-9-20(10-12-21)27(33(29,30)15-14-18-6-4-3-5-7-18)17-24(28)26-22-16-19(25)8-13-23(22)32-2/h3-16H,17H2,1-2H3,(H,26,28)/b15-14+. The summed E-state index contributed by atoms with van der Waals surface area (Å²) >= 11 is 6.03. The van der Waals surface area contributed by atoms with Crippen molar-refractivity contribution in [3.05, 3.63) is 88.8 Å². The van der Waals surface area contributed by atoms with Crippen LogP contribution in [0.15, 0.2) is 78.2 Å². The highest BCUT2D eigenvalue weighted by Gasteiger charge is 2.24. The van der Waals surface area contributed by atoms with Gasteiger partial charge in [-0.15, -0.1) is 0 Å². The summed E-state index contributed by atoms with van der Waals surface area (Å²) in [6.45, 7) is -0.469. The van der Waals surface area contributed by atoms with Gasteiger partial charge in [0.2, 0.25) is 5.91 Å². The highest BCUT2D eigenvalue weighted by Crippen LogP contribution is 2.28. The quantitative estimate of drug-likeness (QED) is 0.469. The van der Waals surface area contributed by atoms with Crippen LogP contribution in [0.4, 0.5) is 11.4 Å². The van der Waals surface area contributed by atoms with Crippen molar-refractivity contribution < 1.29 is 22.7 Å². The fraction of sp³-hybridized carbons (Fsp3) is 0.125. The summed E-state index contributed by atoms with van der Waals surface area (Å²) in [5.74, 6) is 0.391. The van der Waals surface area contributed by atoms with Crippen molar-refractivity contribution in [3.8, 4) is 11.5 Å². The molecule has 0 fully saturated rings. The van der Waals surface area contributed by atoms with Gasteiger partial charge in [0, 0.05) is 5.02 Å². The van der Waals surface area contributed by atoms with Crippen molar-refractivity contribution >= 4 is 45.0 Å². The predicted molar refractivity (Wildman–Crippen MR) is 131 cm³/mol. The molecule has 0 radical (unpaired) electrons. The molecule has 3 aromatic carbocycles. The zero-order chi connectivity index (χ0) is 23.8. The smallest absolute Gasteiger partial charge is 0.257 e. The molecule has 0 bridgehead atoms. The summed E-state index contributed by atoms with van der Waals surface area (Å²) in [6.07, 6.45) is 1.48. The lowest BCUT2D eigenvalue weighted by atomic mass is 10.2. The van der Waals surface area contributed by atoms with Crippen LogP contribution in [-0.4, -0.2) is 35.1 Å². The third-order valence-electron chi connectivity index (χ3n) is 4.62. The van der Waals surface area contributed by atoms with E-state index in [4.69, 9.17) is 21.1 Å². The Kier molecular flexibility index (Phi) is 7.97. The van der Waals surface area contributed by atoms with Crippen LogP contribution in [-0.2, 0) is 14.8 Å². The summed E-state index contributed by atoms with van der Waals surface area (Å²) in [5.41, 5.74) is 1.35. The summed E-state index contributed by atoms with van der Waals surface area (Å²) < 4.78 is 37.8. The fourth-order valence-corrected chi connectivity index (χ4v) is 4.34. The lowest BCUT2D eigenvalue weighted by Gasteiger charge is -2.23. The number of nitrogens with one attached hydrogen (secondary N) is 1. The number of hydrogen-bond donors (Lipinski definition) is 1. The first-order valence-electron chi connectivity index (χ1n) is 9.85. The topological polar surface area (TPSA) is 84.9 Å². The molecule has 0 atom stereocenters. The van der Waals surface area contributed by atoms with Crippen LogP contribution in [0.5, 0.6) is 11.5 Å². The number of carbonyl (C=O) groups is 1. The van der Waals surface area contributed by atoms with E-state index in [0.29, 0.717) is 33.5 Å². The molecule has 0 spiro atoms. The molecular formula is C24H23ClN2O5S. The highest BCUT2D eigenvalue weighted by atomic mass is 35.5. The second-order valence-electron chi connectivity index (χ2n) is 6.86. The van der Waals surface area contributed by atoms with Gasteiger partial charge in [-0.25, -0.2) is 8.42 Å². The third-order valence-corrected chi connectivity index (χ3v) is 6.29. The monoisotopic (exact) mass is 486 g/mol. The highest BCUT2D eigenvalue weighted by molar-refractivity contribution is 7.95. The van der Waals surface area contributed by atoms with Gasteiger partial charge >= 0.3 is 0 Å². The van der Waals surface area contributed by atoms with Gasteiger partial charge in [-0.3, -0.25) is 9.10 Å². The van der Waals surface area contributed by atoms with Crippen molar-refractivity contribution in [3.63, 3.8) is 0 Å². The fourth-order valence-electron chi connectivity index (χ4n) is 2.98. The maximum absolute atomic E-state index is 13.2. The number of rotatable bonds is 9. The largest absolute Gasteiger partial charge is 0.497 e. The molecule has 0 unspecified atom stereocenters. The van der Waals surface area contributed by atoms with Gasteiger partial charge in [0.1, 0.15) is 18.0 Å². The molecule has 0 saturated heterocycles. The first kappa shape index (κ1) is 24.2. The second kappa shape index (κ2) is 10.9. The number of methoxy groups -OCH3 is 2. The number of benzene rings is 3. The van der Waals surface area contributed by atoms with Gasteiger partial charge in [0.15, 0.2) is 0 Å². The maximum atomic E-state index is 13.2. The SMILES string of the molecule is COc1ccc(N(CC(=O)Nc2cc(Cl)ccc2OC)S(=O)(=O)/C=C/c2ccccc2)cc1. The van der Waals surface area contributed by atoms with Crippen molar-refractivity contribution in [1.29, 1.82) is 0 Å². The van der Waals surface area contributed by atoms with Crippen molar-refractivity contribution in [2.45, 2.75) is 0 Å². The number of hydrogen-bond acceptors (Lipinski definition) is 5. The Bertz CT molecular complexity index is 1230. The lowest BCUT2D eigenvalue weighted by molar-refractivity contribution is -0.114. The van der Waals surface area contributed by atoms with E-state index in [9.17, 15) is 13.2 Å². The van der Waals surface area contributed by atoms with Crippen LogP contribution >= 0.6 is 11.6 Å². The van der Waals surface area contributed by atoms with E-state index in [1.165, 1.54) is 26.4 Å². The van der Waals surface area contributed by atoms with Crippen LogP contribution in [0, 0.1) is 0 Å². The molecule has 3 rings (SSSR count). The van der Waals surface area contributed by atoms with Crippen LogP contribution < -0.4 is 19.1 Å². The molecule has 0 aliphatic heterocycles. The maximum Gasteiger partial charge on any atom is 0.257 e. The molecule has 172 valence electrons. The molecule has 9 heteroatoms. The van der Waals surface area contributed by atoms with Crippen molar-refractivity contribution in [2.75, 3.05) is 30.4 Å². The molecule has 1 amide bonds. The average Bonchev–Trinajstić information content (AvgIpc) is 2.82. The molecule has 0 saturated carbocycles. The molecule has 0 aliphatic carbocycles. The van der Waals surface area contributed by atoms with Gasteiger partial charge < -0.3 is 14.8 Å². The zero-order valence-corrected chi connectivity index (χ0v) is 19.6. The lowest BCUT2D eigenvalue weighted by Crippen LogP contribution is -2.37. The number of anilines is 2. The number of ether oxygens (including phenoxy) is 2. The van der Waals surface area contributed by atoms with Crippen LogP contribution in [0.25, 0.3) is 6.08 Å². The van der Waals surface area contributed by atoms with Crippen molar-refractivity contribution in [2.24, 2.45) is 0 Å².